The molecule has 2 heterocycles. The van der Waals surface area contributed by atoms with Gasteiger partial charge in [-0.15, -0.1) is 0 Å². The van der Waals surface area contributed by atoms with E-state index in [0.717, 1.165) is 16.9 Å². The van der Waals surface area contributed by atoms with Gasteiger partial charge in [0.05, 0.1) is 17.6 Å². The Bertz CT molecular complexity index is 757. The van der Waals surface area contributed by atoms with E-state index < -0.39 is 0 Å². The van der Waals surface area contributed by atoms with Gasteiger partial charge in [0, 0.05) is 19.4 Å². The molecule has 6 nitrogen and oxygen atoms in total. The van der Waals surface area contributed by atoms with E-state index in [1.165, 1.54) is 5.56 Å². The van der Waals surface area contributed by atoms with Gasteiger partial charge in [0.1, 0.15) is 5.82 Å². The number of aryl methyl sites for hydroxylation is 2. The normalized spacial score (nSPS) is 10.9. The number of amides is 1. The number of aromatic amines is 1. The predicted molar refractivity (Wildman–Crippen MR) is 75.2 cm³/mol. The summed E-state index contributed by atoms with van der Waals surface area (Å²) < 4.78 is 1.98. The molecular weight excluding hydrogens is 254 g/mol. The minimum absolute atomic E-state index is 0.238. The van der Waals surface area contributed by atoms with E-state index in [-0.39, 0.29) is 5.91 Å². The van der Waals surface area contributed by atoms with E-state index >= 15 is 0 Å². The largest absolute Gasteiger partial charge is 0.342 e. The summed E-state index contributed by atoms with van der Waals surface area (Å²) in [5, 5.41) is 2.80. The molecule has 6 heteroatoms. The first-order chi connectivity index (χ1) is 9.65. The predicted octanol–water partition coefficient (Wildman–Crippen LogP) is 1.53. The number of nitrogens with one attached hydrogen (secondary N) is 2. The third kappa shape index (κ3) is 2.16. The quantitative estimate of drug-likeness (QED) is 0.757. The van der Waals surface area contributed by atoms with Crippen LogP contribution in [-0.2, 0) is 13.6 Å². The lowest BCUT2D eigenvalue weighted by molar-refractivity contribution is 0.0940. The van der Waals surface area contributed by atoms with Crippen LogP contribution in [-0.4, -0.2) is 25.4 Å². The van der Waals surface area contributed by atoms with Gasteiger partial charge in [-0.3, -0.25) is 4.79 Å². The number of carbonyl (C=O) groups is 1. The van der Waals surface area contributed by atoms with Crippen LogP contribution in [0.5, 0.6) is 0 Å². The van der Waals surface area contributed by atoms with E-state index in [1.54, 1.807) is 12.4 Å². The van der Waals surface area contributed by atoms with Crippen molar-refractivity contribution >= 4 is 16.9 Å². The van der Waals surface area contributed by atoms with E-state index in [2.05, 4.69) is 26.3 Å². The molecule has 0 atom stereocenters. The van der Waals surface area contributed by atoms with Crippen molar-refractivity contribution in [1.82, 2.24) is 24.8 Å². The zero-order valence-electron chi connectivity index (χ0n) is 11.3. The molecule has 3 aromatic rings. The number of hydrogen-bond donors (Lipinski definition) is 2. The fourth-order valence-electron chi connectivity index (χ4n) is 2.15. The van der Waals surface area contributed by atoms with Gasteiger partial charge in [-0.1, -0.05) is 6.07 Å². The second-order valence-corrected chi connectivity index (χ2v) is 4.70. The van der Waals surface area contributed by atoms with Gasteiger partial charge in [0.25, 0.3) is 5.91 Å². The first-order valence-corrected chi connectivity index (χ1v) is 6.34. The average molecular weight is 269 g/mol. The molecular formula is C14H15N5O. The van der Waals surface area contributed by atoms with E-state index in [9.17, 15) is 4.79 Å². The number of aromatic nitrogens is 4. The number of nitrogens with zero attached hydrogens (tertiary/aromatic N) is 3. The monoisotopic (exact) mass is 269 g/mol. The van der Waals surface area contributed by atoms with Crippen molar-refractivity contribution in [3.05, 3.63) is 47.8 Å². The fourth-order valence-corrected chi connectivity index (χ4v) is 2.15. The summed E-state index contributed by atoms with van der Waals surface area (Å²) in [7, 11) is 1.94. The lowest BCUT2D eigenvalue weighted by atomic mass is 10.2. The Morgan fingerprint density at radius 3 is 3.05 bits per heavy atom. The Labute approximate surface area is 115 Å². The van der Waals surface area contributed by atoms with Gasteiger partial charge in [-0.05, 0) is 24.6 Å². The molecule has 3 rings (SSSR count). The molecule has 1 aromatic carbocycles. The molecule has 0 fully saturated rings. The number of H-pyrrole nitrogens is 1. The van der Waals surface area contributed by atoms with Gasteiger partial charge < -0.3 is 14.9 Å². The fraction of sp³-hybridized carbons (Fsp3) is 0.214. The van der Waals surface area contributed by atoms with Gasteiger partial charge in [0.2, 0.25) is 0 Å². The number of benzene rings is 1. The topological polar surface area (TPSA) is 75.6 Å². The van der Waals surface area contributed by atoms with Gasteiger partial charge in [-0.2, -0.15) is 0 Å². The van der Waals surface area contributed by atoms with Crippen molar-refractivity contribution in [1.29, 1.82) is 0 Å². The van der Waals surface area contributed by atoms with Crippen LogP contribution in [0.4, 0.5) is 0 Å². The van der Waals surface area contributed by atoms with Crippen LogP contribution in [0.1, 0.15) is 22.0 Å². The summed E-state index contributed by atoms with van der Waals surface area (Å²) >= 11 is 0. The third-order valence-electron chi connectivity index (χ3n) is 3.25. The molecule has 0 unspecified atom stereocenters. The molecule has 20 heavy (non-hydrogen) atoms. The van der Waals surface area contributed by atoms with Gasteiger partial charge in [0.15, 0.2) is 5.82 Å². The molecule has 0 aliphatic heterocycles. The summed E-state index contributed by atoms with van der Waals surface area (Å²) in [6, 6.07) is 6.12. The number of imidazole rings is 2. The molecule has 2 aromatic heterocycles. The lowest BCUT2D eigenvalue weighted by Crippen LogP contribution is -2.25. The SMILES string of the molecule is Cc1ccc2c(c1)nc(CNC(=O)c1ncc[nH]1)n2C. The van der Waals surface area contributed by atoms with Crippen LogP contribution in [0.25, 0.3) is 11.0 Å². The highest BCUT2D eigenvalue weighted by molar-refractivity contribution is 5.90. The molecule has 2 N–H and O–H groups in total. The minimum Gasteiger partial charge on any atom is -0.342 e. The van der Waals surface area contributed by atoms with Crippen LogP contribution in [0.2, 0.25) is 0 Å². The average Bonchev–Trinajstić information content (AvgIpc) is 3.05. The summed E-state index contributed by atoms with van der Waals surface area (Å²) in [4.78, 5) is 23.0. The summed E-state index contributed by atoms with van der Waals surface area (Å²) in [5.41, 5.74) is 3.16. The summed E-state index contributed by atoms with van der Waals surface area (Å²) in [6.45, 7) is 2.40. The number of fused-ring (bicyclic) bond motifs is 1. The Kier molecular flexibility index (Phi) is 2.98. The Hall–Kier alpha value is -2.63. The molecule has 0 saturated carbocycles. The highest BCUT2D eigenvalue weighted by atomic mass is 16.2. The molecule has 1 amide bonds. The Morgan fingerprint density at radius 2 is 2.30 bits per heavy atom. The second kappa shape index (κ2) is 4.80. The zero-order valence-corrected chi connectivity index (χ0v) is 11.3. The number of carbonyl (C=O) groups excluding carboxylic acids is 1. The highest BCUT2D eigenvalue weighted by Gasteiger charge is 2.11. The number of hydrogen-bond acceptors (Lipinski definition) is 3. The molecule has 0 radical (unpaired) electrons. The maximum absolute atomic E-state index is 11.8. The molecule has 0 aliphatic carbocycles. The van der Waals surface area contributed by atoms with Crippen molar-refractivity contribution in [2.24, 2.45) is 7.05 Å². The second-order valence-electron chi connectivity index (χ2n) is 4.70. The van der Waals surface area contributed by atoms with Crippen LogP contribution in [0, 0.1) is 6.92 Å². The summed E-state index contributed by atoms with van der Waals surface area (Å²) in [5.74, 6) is 0.878. The van der Waals surface area contributed by atoms with Crippen molar-refractivity contribution in [3.8, 4) is 0 Å². The molecule has 102 valence electrons. The van der Waals surface area contributed by atoms with Crippen molar-refractivity contribution in [2.75, 3.05) is 0 Å². The van der Waals surface area contributed by atoms with Crippen molar-refractivity contribution in [2.45, 2.75) is 13.5 Å². The van der Waals surface area contributed by atoms with E-state index in [0.29, 0.717) is 12.4 Å². The minimum atomic E-state index is -0.238. The van der Waals surface area contributed by atoms with Crippen LogP contribution >= 0.6 is 0 Å². The molecule has 0 spiro atoms. The smallest absolute Gasteiger partial charge is 0.287 e. The third-order valence-corrected chi connectivity index (χ3v) is 3.25. The first-order valence-electron chi connectivity index (χ1n) is 6.34. The standard InChI is InChI=1S/C14H15N5O/c1-9-3-4-11-10(7-9)18-12(19(11)2)8-17-14(20)13-15-5-6-16-13/h3-7H,8H2,1-2H3,(H,15,16)(H,17,20). The van der Waals surface area contributed by atoms with Crippen molar-refractivity contribution in [3.63, 3.8) is 0 Å². The van der Waals surface area contributed by atoms with Gasteiger partial charge >= 0.3 is 0 Å². The Balaban J connectivity index is 1.81. The maximum atomic E-state index is 11.8. The van der Waals surface area contributed by atoms with Crippen LogP contribution in [0.3, 0.4) is 0 Å². The highest BCUT2D eigenvalue weighted by Crippen LogP contribution is 2.16. The van der Waals surface area contributed by atoms with Gasteiger partial charge in [-0.25, -0.2) is 9.97 Å². The maximum Gasteiger partial charge on any atom is 0.287 e. The lowest BCUT2D eigenvalue weighted by Gasteiger charge is -2.03. The zero-order chi connectivity index (χ0) is 14.1. The Morgan fingerprint density at radius 1 is 1.45 bits per heavy atom. The summed E-state index contributed by atoms with van der Waals surface area (Å²) in [6.07, 6.45) is 3.17. The first kappa shape index (κ1) is 12.4. The van der Waals surface area contributed by atoms with E-state index in [4.69, 9.17) is 0 Å². The number of rotatable bonds is 3. The van der Waals surface area contributed by atoms with Crippen molar-refractivity contribution < 1.29 is 4.79 Å². The van der Waals surface area contributed by atoms with Crippen LogP contribution in [0.15, 0.2) is 30.6 Å². The van der Waals surface area contributed by atoms with Crippen LogP contribution < -0.4 is 5.32 Å². The van der Waals surface area contributed by atoms with E-state index in [1.807, 2.05) is 30.7 Å². The molecule has 0 aliphatic rings. The molecule has 0 saturated heterocycles. The molecule has 0 bridgehead atoms.